The van der Waals surface area contributed by atoms with Crippen molar-refractivity contribution in [3.05, 3.63) is 36.2 Å². The van der Waals surface area contributed by atoms with Crippen molar-refractivity contribution >= 4 is 5.52 Å². The molecule has 1 fully saturated rings. The summed E-state index contributed by atoms with van der Waals surface area (Å²) in [5.41, 5.74) is 8.31. The summed E-state index contributed by atoms with van der Waals surface area (Å²) in [6.45, 7) is 0. The van der Waals surface area contributed by atoms with Crippen LogP contribution in [0.3, 0.4) is 0 Å². The molecule has 2 aromatic heterocycles. The molecule has 1 aliphatic rings. The molecule has 2 heterocycles. The lowest BCUT2D eigenvalue weighted by atomic mass is 10.2. The van der Waals surface area contributed by atoms with E-state index in [4.69, 9.17) is 5.73 Å². The Morgan fingerprint density at radius 1 is 1.46 bits per heavy atom. The van der Waals surface area contributed by atoms with Crippen LogP contribution in [0.15, 0.2) is 30.6 Å². The molecule has 0 amide bonds. The van der Waals surface area contributed by atoms with Gasteiger partial charge in [-0.25, -0.2) is 4.52 Å². The van der Waals surface area contributed by atoms with Crippen LogP contribution in [0.4, 0.5) is 0 Å². The lowest BCUT2D eigenvalue weighted by Gasteiger charge is -1.94. The van der Waals surface area contributed by atoms with Crippen molar-refractivity contribution < 1.29 is 0 Å². The first kappa shape index (κ1) is 7.09. The zero-order valence-corrected chi connectivity index (χ0v) is 7.22. The van der Waals surface area contributed by atoms with Gasteiger partial charge in [-0.05, 0) is 18.6 Å². The number of nitrogens with zero attached hydrogens (tertiary/aromatic N) is 2. The van der Waals surface area contributed by atoms with E-state index in [2.05, 4.69) is 11.2 Å². The van der Waals surface area contributed by atoms with E-state index in [9.17, 15) is 0 Å². The fourth-order valence-electron chi connectivity index (χ4n) is 1.81. The lowest BCUT2D eigenvalue weighted by molar-refractivity contribution is 0.961. The first-order chi connectivity index (χ1) is 6.36. The predicted octanol–water partition coefficient (Wildman–Crippen LogP) is 1.15. The van der Waals surface area contributed by atoms with Crippen molar-refractivity contribution in [1.29, 1.82) is 0 Å². The molecule has 3 heteroatoms. The molecule has 66 valence electrons. The standard InChI is InChI=1S/C10H11N3/c11-9-5-7(9)8-6-12-13-4-2-1-3-10(8)13/h1-4,6-7,9H,5,11H2/t7-,9+/m0/s1. The maximum Gasteiger partial charge on any atom is 0.0696 e. The summed E-state index contributed by atoms with van der Waals surface area (Å²) in [6.07, 6.45) is 5.01. The topological polar surface area (TPSA) is 43.3 Å². The van der Waals surface area contributed by atoms with Crippen molar-refractivity contribution in [2.45, 2.75) is 18.4 Å². The number of aromatic nitrogens is 2. The fourth-order valence-corrected chi connectivity index (χ4v) is 1.81. The zero-order valence-electron chi connectivity index (χ0n) is 7.22. The Morgan fingerprint density at radius 3 is 3.08 bits per heavy atom. The van der Waals surface area contributed by atoms with E-state index < -0.39 is 0 Å². The van der Waals surface area contributed by atoms with E-state index in [1.54, 1.807) is 0 Å². The highest BCUT2D eigenvalue weighted by molar-refractivity contribution is 5.57. The van der Waals surface area contributed by atoms with Crippen LogP contribution < -0.4 is 5.73 Å². The quantitative estimate of drug-likeness (QED) is 0.703. The van der Waals surface area contributed by atoms with Gasteiger partial charge in [0, 0.05) is 23.7 Å². The second-order valence-electron chi connectivity index (χ2n) is 3.64. The fraction of sp³-hybridized carbons (Fsp3) is 0.300. The van der Waals surface area contributed by atoms with Gasteiger partial charge in [-0.1, -0.05) is 6.07 Å². The summed E-state index contributed by atoms with van der Waals surface area (Å²) in [6, 6.07) is 6.46. The molecule has 0 saturated heterocycles. The third-order valence-corrected chi connectivity index (χ3v) is 2.70. The van der Waals surface area contributed by atoms with E-state index >= 15 is 0 Å². The molecule has 1 saturated carbocycles. The molecular weight excluding hydrogens is 162 g/mol. The van der Waals surface area contributed by atoms with Crippen molar-refractivity contribution in [3.8, 4) is 0 Å². The molecule has 13 heavy (non-hydrogen) atoms. The molecule has 2 N–H and O–H groups in total. The van der Waals surface area contributed by atoms with Crippen LogP contribution >= 0.6 is 0 Å². The second kappa shape index (κ2) is 2.33. The highest BCUT2D eigenvalue weighted by atomic mass is 15.2. The maximum atomic E-state index is 5.81. The molecule has 0 bridgehead atoms. The van der Waals surface area contributed by atoms with Gasteiger partial charge in [-0.15, -0.1) is 0 Å². The predicted molar refractivity (Wildman–Crippen MR) is 50.5 cm³/mol. The number of fused-ring (bicyclic) bond motifs is 1. The first-order valence-corrected chi connectivity index (χ1v) is 4.54. The highest BCUT2D eigenvalue weighted by Crippen LogP contribution is 2.40. The van der Waals surface area contributed by atoms with Gasteiger partial charge in [0.1, 0.15) is 0 Å². The number of hydrogen-bond acceptors (Lipinski definition) is 2. The summed E-state index contributed by atoms with van der Waals surface area (Å²) >= 11 is 0. The first-order valence-electron chi connectivity index (χ1n) is 4.54. The van der Waals surface area contributed by atoms with Crippen LogP contribution in [-0.2, 0) is 0 Å². The monoisotopic (exact) mass is 173 g/mol. The highest BCUT2D eigenvalue weighted by Gasteiger charge is 2.36. The lowest BCUT2D eigenvalue weighted by Crippen LogP contribution is -2.00. The Bertz CT molecular complexity index is 446. The minimum absolute atomic E-state index is 0.355. The van der Waals surface area contributed by atoms with Gasteiger partial charge in [-0.3, -0.25) is 0 Å². The summed E-state index contributed by atoms with van der Waals surface area (Å²) in [7, 11) is 0. The molecule has 0 radical (unpaired) electrons. The normalized spacial score (nSPS) is 26.5. The number of hydrogen-bond donors (Lipinski definition) is 1. The van der Waals surface area contributed by atoms with Gasteiger partial charge in [-0.2, -0.15) is 5.10 Å². The number of rotatable bonds is 1. The average molecular weight is 173 g/mol. The Kier molecular flexibility index (Phi) is 1.27. The van der Waals surface area contributed by atoms with Gasteiger partial charge in [0.15, 0.2) is 0 Å². The van der Waals surface area contributed by atoms with Crippen LogP contribution in [0.25, 0.3) is 5.52 Å². The van der Waals surface area contributed by atoms with E-state index in [0.29, 0.717) is 12.0 Å². The zero-order chi connectivity index (χ0) is 8.84. The Balaban J connectivity index is 2.19. The third-order valence-electron chi connectivity index (χ3n) is 2.70. The molecule has 3 nitrogen and oxygen atoms in total. The Hall–Kier alpha value is -1.35. The third kappa shape index (κ3) is 0.971. The van der Waals surface area contributed by atoms with E-state index in [1.807, 2.05) is 29.0 Å². The molecule has 1 aliphatic carbocycles. The van der Waals surface area contributed by atoms with E-state index in [0.717, 1.165) is 6.42 Å². The van der Waals surface area contributed by atoms with Gasteiger partial charge in [0.2, 0.25) is 0 Å². The van der Waals surface area contributed by atoms with Crippen LogP contribution in [0, 0.1) is 0 Å². The van der Waals surface area contributed by atoms with Crippen molar-refractivity contribution in [1.82, 2.24) is 9.61 Å². The second-order valence-corrected chi connectivity index (χ2v) is 3.64. The number of pyridine rings is 1. The van der Waals surface area contributed by atoms with Crippen molar-refractivity contribution in [3.63, 3.8) is 0 Å². The smallest absolute Gasteiger partial charge is 0.0696 e. The van der Waals surface area contributed by atoms with Crippen LogP contribution in [0.1, 0.15) is 17.9 Å². The minimum Gasteiger partial charge on any atom is -0.327 e. The van der Waals surface area contributed by atoms with Crippen LogP contribution in [-0.4, -0.2) is 15.7 Å². The molecule has 0 aromatic carbocycles. The van der Waals surface area contributed by atoms with Gasteiger partial charge >= 0.3 is 0 Å². The maximum absolute atomic E-state index is 5.81. The molecule has 0 unspecified atom stereocenters. The molecular formula is C10H11N3. The Morgan fingerprint density at radius 2 is 2.31 bits per heavy atom. The largest absolute Gasteiger partial charge is 0.327 e. The summed E-state index contributed by atoms with van der Waals surface area (Å²) < 4.78 is 1.90. The van der Waals surface area contributed by atoms with Gasteiger partial charge < -0.3 is 5.73 Å². The Labute approximate surface area is 76.2 Å². The summed E-state index contributed by atoms with van der Waals surface area (Å²) in [4.78, 5) is 0. The van der Waals surface area contributed by atoms with Gasteiger partial charge in [0.25, 0.3) is 0 Å². The average Bonchev–Trinajstić information content (AvgIpc) is 2.74. The van der Waals surface area contributed by atoms with Crippen LogP contribution in [0.5, 0.6) is 0 Å². The van der Waals surface area contributed by atoms with Crippen molar-refractivity contribution in [2.24, 2.45) is 5.73 Å². The number of nitrogens with two attached hydrogens (primary N) is 1. The molecule has 0 spiro atoms. The summed E-state index contributed by atoms with van der Waals surface area (Å²) in [5, 5.41) is 4.28. The van der Waals surface area contributed by atoms with Crippen LogP contribution in [0.2, 0.25) is 0 Å². The minimum atomic E-state index is 0.355. The SMILES string of the molecule is N[C@@H]1C[C@H]1c1cnn2ccccc12. The molecule has 2 aromatic rings. The molecule has 3 rings (SSSR count). The van der Waals surface area contributed by atoms with Gasteiger partial charge in [0.05, 0.1) is 11.7 Å². The van der Waals surface area contributed by atoms with E-state index in [-0.39, 0.29) is 0 Å². The molecule has 0 aliphatic heterocycles. The van der Waals surface area contributed by atoms with Crippen molar-refractivity contribution in [2.75, 3.05) is 0 Å². The van der Waals surface area contributed by atoms with E-state index in [1.165, 1.54) is 11.1 Å². The summed E-state index contributed by atoms with van der Waals surface area (Å²) in [5.74, 6) is 0.542. The molecule has 2 atom stereocenters.